The Morgan fingerprint density at radius 3 is 2.74 bits per heavy atom. The zero-order chi connectivity index (χ0) is 14.3. The molecule has 0 heterocycles. The molecule has 3 N–H and O–H groups in total. The number of carbonyl (C=O) groups is 1. The molecule has 0 aromatic heterocycles. The summed E-state index contributed by atoms with van der Waals surface area (Å²) in [5.41, 5.74) is 7.81. The molecule has 0 aliphatic carbocycles. The monoisotopic (exact) mass is 266 g/mol. The van der Waals surface area contributed by atoms with Gasteiger partial charge in [0.1, 0.15) is 11.8 Å². The normalized spacial score (nSPS) is 11.8. The lowest BCUT2D eigenvalue weighted by atomic mass is 10.0. The highest BCUT2D eigenvalue weighted by Crippen LogP contribution is 2.24. The van der Waals surface area contributed by atoms with Crippen LogP contribution in [0.2, 0.25) is 0 Å². The highest BCUT2D eigenvalue weighted by Gasteiger charge is 2.13. The molecule has 1 aromatic carbocycles. The first-order valence-corrected chi connectivity index (χ1v) is 6.30. The number of nitrogens with one attached hydrogen (secondary N) is 1. The molecular weight excluding hydrogens is 244 g/mol. The first-order valence-electron chi connectivity index (χ1n) is 6.30. The minimum absolute atomic E-state index is 0.363. The molecule has 5 nitrogen and oxygen atoms in total. The van der Waals surface area contributed by atoms with Crippen LogP contribution in [0.4, 0.5) is 5.69 Å². The topological polar surface area (TPSA) is 73.6 Å². The van der Waals surface area contributed by atoms with Crippen molar-refractivity contribution in [3.8, 4) is 5.75 Å². The first-order chi connectivity index (χ1) is 9.12. The zero-order valence-electron chi connectivity index (χ0n) is 11.7. The minimum atomic E-state index is -0.549. The molecule has 0 radical (unpaired) electrons. The van der Waals surface area contributed by atoms with Crippen LogP contribution < -0.4 is 15.8 Å². The Labute approximate surface area is 114 Å². The maximum absolute atomic E-state index is 11.2. The summed E-state index contributed by atoms with van der Waals surface area (Å²) in [4.78, 5) is 11.2. The first kappa shape index (κ1) is 15.3. The van der Waals surface area contributed by atoms with Crippen molar-refractivity contribution in [2.45, 2.75) is 25.3 Å². The maximum atomic E-state index is 11.2. The highest BCUT2D eigenvalue weighted by molar-refractivity contribution is 5.75. The van der Waals surface area contributed by atoms with Gasteiger partial charge in [-0.3, -0.25) is 4.79 Å². The van der Waals surface area contributed by atoms with Crippen LogP contribution in [0.15, 0.2) is 18.2 Å². The van der Waals surface area contributed by atoms with Crippen molar-refractivity contribution in [2.75, 3.05) is 26.6 Å². The Kier molecular flexibility index (Phi) is 6.15. The van der Waals surface area contributed by atoms with E-state index in [1.807, 2.05) is 25.2 Å². The van der Waals surface area contributed by atoms with E-state index in [4.69, 9.17) is 10.5 Å². The molecule has 19 heavy (non-hydrogen) atoms. The maximum Gasteiger partial charge on any atom is 0.322 e. The number of benzene rings is 1. The Morgan fingerprint density at radius 1 is 1.42 bits per heavy atom. The van der Waals surface area contributed by atoms with Crippen LogP contribution in [-0.4, -0.2) is 33.3 Å². The number of methoxy groups -OCH3 is 2. The van der Waals surface area contributed by atoms with Gasteiger partial charge in [-0.2, -0.15) is 0 Å². The molecule has 0 aliphatic rings. The van der Waals surface area contributed by atoms with Crippen molar-refractivity contribution in [3.05, 3.63) is 23.8 Å². The predicted octanol–water partition coefficient (Wildman–Crippen LogP) is 1.56. The second kappa shape index (κ2) is 7.63. The van der Waals surface area contributed by atoms with E-state index in [9.17, 15) is 4.79 Å². The lowest BCUT2D eigenvalue weighted by Gasteiger charge is -2.12. The van der Waals surface area contributed by atoms with Crippen LogP contribution in [0, 0.1) is 0 Å². The standard InChI is InChI=1S/C14H22N2O3/c1-16-11-8-7-10(13(9-11)18-2)5-4-6-12(15)14(17)19-3/h7-9,12,16H,4-6,15H2,1-3H3. The van der Waals surface area contributed by atoms with Crippen molar-refractivity contribution in [3.63, 3.8) is 0 Å². The van der Waals surface area contributed by atoms with Gasteiger partial charge in [-0.05, 0) is 30.9 Å². The van der Waals surface area contributed by atoms with Gasteiger partial charge in [0, 0.05) is 18.8 Å². The van der Waals surface area contributed by atoms with Gasteiger partial charge in [-0.15, -0.1) is 0 Å². The van der Waals surface area contributed by atoms with Crippen LogP contribution in [0.3, 0.4) is 0 Å². The molecule has 0 spiro atoms. The van der Waals surface area contributed by atoms with E-state index in [2.05, 4.69) is 10.1 Å². The van der Waals surface area contributed by atoms with Gasteiger partial charge in [-0.25, -0.2) is 0 Å². The van der Waals surface area contributed by atoms with Gasteiger partial charge < -0.3 is 20.5 Å². The van der Waals surface area contributed by atoms with Crippen LogP contribution in [0.25, 0.3) is 0 Å². The molecule has 1 atom stereocenters. The van der Waals surface area contributed by atoms with Gasteiger partial charge in [0.2, 0.25) is 0 Å². The third-order valence-electron chi connectivity index (χ3n) is 3.04. The number of esters is 1. The van der Waals surface area contributed by atoms with Crippen molar-refractivity contribution in [2.24, 2.45) is 5.73 Å². The third-order valence-corrected chi connectivity index (χ3v) is 3.04. The molecule has 1 aromatic rings. The molecule has 1 rings (SSSR count). The molecule has 0 amide bonds. The molecule has 1 unspecified atom stereocenters. The number of carbonyl (C=O) groups excluding carboxylic acids is 1. The largest absolute Gasteiger partial charge is 0.496 e. The average Bonchev–Trinajstić information content (AvgIpc) is 2.46. The summed E-state index contributed by atoms with van der Waals surface area (Å²) >= 11 is 0. The predicted molar refractivity (Wildman–Crippen MR) is 75.5 cm³/mol. The average molecular weight is 266 g/mol. The summed E-state index contributed by atoms with van der Waals surface area (Å²) in [7, 11) is 4.87. The van der Waals surface area contributed by atoms with E-state index in [0.717, 1.165) is 29.8 Å². The van der Waals surface area contributed by atoms with Crippen molar-refractivity contribution in [1.82, 2.24) is 0 Å². The fourth-order valence-corrected chi connectivity index (χ4v) is 1.89. The summed E-state index contributed by atoms with van der Waals surface area (Å²) < 4.78 is 9.94. The van der Waals surface area contributed by atoms with Gasteiger partial charge in [0.25, 0.3) is 0 Å². The number of anilines is 1. The molecule has 0 fully saturated rings. The van der Waals surface area contributed by atoms with Gasteiger partial charge in [0.05, 0.1) is 14.2 Å². The van der Waals surface area contributed by atoms with E-state index in [1.54, 1.807) is 7.11 Å². The van der Waals surface area contributed by atoms with Crippen molar-refractivity contribution >= 4 is 11.7 Å². The van der Waals surface area contributed by atoms with E-state index < -0.39 is 6.04 Å². The smallest absolute Gasteiger partial charge is 0.322 e. The minimum Gasteiger partial charge on any atom is -0.496 e. The van der Waals surface area contributed by atoms with Gasteiger partial charge >= 0.3 is 5.97 Å². The Bertz CT molecular complexity index is 421. The summed E-state index contributed by atoms with van der Waals surface area (Å²) in [5, 5.41) is 3.06. The second-order valence-electron chi connectivity index (χ2n) is 4.30. The lowest BCUT2D eigenvalue weighted by molar-refractivity contribution is -0.142. The summed E-state index contributed by atoms with van der Waals surface area (Å²) in [5.74, 6) is 0.482. The van der Waals surface area contributed by atoms with E-state index in [0.29, 0.717) is 6.42 Å². The molecule has 0 saturated heterocycles. The zero-order valence-corrected chi connectivity index (χ0v) is 11.7. The van der Waals surface area contributed by atoms with Gasteiger partial charge in [0.15, 0.2) is 0 Å². The summed E-state index contributed by atoms with van der Waals surface area (Å²) in [6.07, 6.45) is 2.23. The molecule has 0 saturated carbocycles. The Balaban J connectivity index is 2.55. The van der Waals surface area contributed by atoms with E-state index >= 15 is 0 Å². The number of ether oxygens (including phenoxy) is 2. The van der Waals surface area contributed by atoms with Crippen LogP contribution in [0.5, 0.6) is 5.75 Å². The fraction of sp³-hybridized carbons (Fsp3) is 0.500. The van der Waals surface area contributed by atoms with E-state index in [1.165, 1.54) is 7.11 Å². The number of nitrogens with two attached hydrogens (primary N) is 1. The third kappa shape index (κ3) is 4.44. The number of hydrogen-bond donors (Lipinski definition) is 2. The molecule has 106 valence electrons. The quantitative estimate of drug-likeness (QED) is 0.733. The fourth-order valence-electron chi connectivity index (χ4n) is 1.89. The number of aryl methyl sites for hydroxylation is 1. The van der Waals surface area contributed by atoms with Crippen LogP contribution >= 0.6 is 0 Å². The summed E-state index contributed by atoms with van der Waals surface area (Å²) in [6, 6.07) is 5.43. The molecule has 0 aliphatic heterocycles. The Morgan fingerprint density at radius 2 is 2.16 bits per heavy atom. The lowest BCUT2D eigenvalue weighted by Crippen LogP contribution is -2.31. The molecule has 5 heteroatoms. The van der Waals surface area contributed by atoms with E-state index in [-0.39, 0.29) is 5.97 Å². The Hall–Kier alpha value is -1.75. The molecular formula is C14H22N2O3. The number of hydrogen-bond acceptors (Lipinski definition) is 5. The summed E-state index contributed by atoms with van der Waals surface area (Å²) in [6.45, 7) is 0. The van der Waals surface area contributed by atoms with Gasteiger partial charge in [-0.1, -0.05) is 6.07 Å². The SMILES string of the molecule is CNc1ccc(CCCC(N)C(=O)OC)c(OC)c1. The van der Waals surface area contributed by atoms with Crippen LogP contribution in [-0.2, 0) is 16.0 Å². The second-order valence-corrected chi connectivity index (χ2v) is 4.30. The van der Waals surface area contributed by atoms with Crippen molar-refractivity contribution < 1.29 is 14.3 Å². The van der Waals surface area contributed by atoms with Crippen molar-refractivity contribution in [1.29, 1.82) is 0 Å². The number of rotatable bonds is 7. The highest BCUT2D eigenvalue weighted by atomic mass is 16.5. The van der Waals surface area contributed by atoms with Crippen LogP contribution in [0.1, 0.15) is 18.4 Å². The molecule has 0 bridgehead atoms.